The van der Waals surface area contributed by atoms with Crippen molar-refractivity contribution in [3.8, 4) is 0 Å². The zero-order chi connectivity index (χ0) is 11.7. The van der Waals surface area contributed by atoms with Gasteiger partial charge in [-0.25, -0.2) is 4.98 Å². The Bertz CT molecular complexity index is 574. The molecule has 7 nitrogen and oxygen atoms in total. The summed E-state index contributed by atoms with van der Waals surface area (Å²) in [4.78, 5) is 15.5. The second-order valence-electron chi connectivity index (χ2n) is 3.24. The van der Waals surface area contributed by atoms with Crippen LogP contribution in [-0.2, 0) is 13.6 Å². The summed E-state index contributed by atoms with van der Waals surface area (Å²) >= 11 is 5.62. The number of hydrogen-bond donors (Lipinski definition) is 1. The van der Waals surface area contributed by atoms with Gasteiger partial charge in [-0.3, -0.25) is 9.36 Å². The number of halogens is 1. The van der Waals surface area contributed by atoms with Gasteiger partial charge in [0.25, 0.3) is 5.56 Å². The first-order valence-electron chi connectivity index (χ1n) is 4.43. The molecule has 0 amide bonds. The summed E-state index contributed by atoms with van der Waals surface area (Å²) in [6, 6.07) is 0. The summed E-state index contributed by atoms with van der Waals surface area (Å²) < 4.78 is 3.03. The molecule has 0 aromatic carbocycles. The van der Waals surface area contributed by atoms with Crippen molar-refractivity contribution in [2.24, 2.45) is 7.05 Å². The van der Waals surface area contributed by atoms with Gasteiger partial charge in [0.05, 0.1) is 12.9 Å². The molecule has 0 saturated carbocycles. The van der Waals surface area contributed by atoms with Crippen molar-refractivity contribution in [1.29, 1.82) is 0 Å². The zero-order valence-corrected chi connectivity index (χ0v) is 9.22. The Hall–Kier alpha value is -1.89. The normalized spacial score (nSPS) is 10.6. The molecule has 0 unspecified atom stereocenters. The van der Waals surface area contributed by atoms with E-state index in [4.69, 9.17) is 17.3 Å². The molecule has 0 spiro atoms. The van der Waals surface area contributed by atoms with Gasteiger partial charge in [0.1, 0.15) is 12.0 Å². The van der Waals surface area contributed by atoms with Crippen molar-refractivity contribution < 1.29 is 0 Å². The average Bonchev–Trinajstić information content (AvgIpc) is 2.65. The molecule has 2 heterocycles. The maximum Gasteiger partial charge on any atom is 0.278 e. The number of hydrogen-bond acceptors (Lipinski definition) is 5. The van der Waals surface area contributed by atoms with Crippen molar-refractivity contribution in [1.82, 2.24) is 24.3 Å². The highest BCUT2D eigenvalue weighted by molar-refractivity contribution is 6.31. The number of rotatable bonds is 2. The molecule has 0 radical (unpaired) electrons. The van der Waals surface area contributed by atoms with Crippen LogP contribution in [0.5, 0.6) is 0 Å². The topological polar surface area (TPSA) is 91.6 Å². The van der Waals surface area contributed by atoms with Gasteiger partial charge in [-0.2, -0.15) is 0 Å². The van der Waals surface area contributed by atoms with Crippen LogP contribution >= 0.6 is 11.6 Å². The number of nitrogens with zero attached hydrogens (tertiary/aromatic N) is 5. The molecule has 0 aliphatic carbocycles. The Labute approximate surface area is 95.5 Å². The fourth-order valence-corrected chi connectivity index (χ4v) is 1.33. The number of aryl methyl sites for hydroxylation is 1. The van der Waals surface area contributed by atoms with Crippen LogP contribution in [0.1, 0.15) is 5.82 Å². The van der Waals surface area contributed by atoms with E-state index in [1.807, 2.05) is 0 Å². The van der Waals surface area contributed by atoms with Crippen molar-refractivity contribution in [3.63, 3.8) is 0 Å². The lowest BCUT2D eigenvalue weighted by Crippen LogP contribution is -2.25. The zero-order valence-electron chi connectivity index (χ0n) is 8.46. The van der Waals surface area contributed by atoms with Crippen molar-refractivity contribution >= 4 is 17.3 Å². The minimum Gasteiger partial charge on any atom is -0.392 e. The van der Waals surface area contributed by atoms with Crippen molar-refractivity contribution in [2.45, 2.75) is 6.54 Å². The van der Waals surface area contributed by atoms with E-state index in [9.17, 15) is 4.79 Å². The number of anilines is 1. The number of nitrogen functional groups attached to an aromatic ring is 1. The lowest BCUT2D eigenvalue weighted by atomic mass is 10.5. The van der Waals surface area contributed by atoms with Crippen LogP contribution in [0.25, 0.3) is 0 Å². The molecular weight excluding hydrogens is 232 g/mol. The molecule has 0 aliphatic rings. The van der Waals surface area contributed by atoms with Crippen molar-refractivity contribution in [3.05, 3.63) is 34.0 Å². The molecule has 2 rings (SSSR count). The van der Waals surface area contributed by atoms with E-state index < -0.39 is 0 Å². The van der Waals surface area contributed by atoms with Gasteiger partial charge >= 0.3 is 0 Å². The average molecular weight is 241 g/mol. The predicted molar refractivity (Wildman–Crippen MR) is 58.0 cm³/mol. The largest absolute Gasteiger partial charge is 0.392 e. The number of aromatic nitrogens is 5. The third-order valence-electron chi connectivity index (χ3n) is 2.14. The Balaban J connectivity index is 2.40. The molecule has 0 saturated heterocycles. The molecule has 0 atom stereocenters. The molecule has 8 heteroatoms. The van der Waals surface area contributed by atoms with Gasteiger partial charge in [-0.1, -0.05) is 11.6 Å². The lowest BCUT2D eigenvalue weighted by molar-refractivity contribution is 0.666. The third kappa shape index (κ3) is 1.76. The second kappa shape index (κ2) is 3.93. The van der Waals surface area contributed by atoms with Crippen molar-refractivity contribution in [2.75, 3.05) is 5.73 Å². The molecule has 0 fully saturated rings. The van der Waals surface area contributed by atoms with Crippen LogP contribution in [0.2, 0.25) is 5.15 Å². The van der Waals surface area contributed by atoms with Crippen LogP contribution in [0.4, 0.5) is 5.69 Å². The highest BCUT2D eigenvalue weighted by Gasteiger charge is 2.08. The number of nitrogens with two attached hydrogens (primary N) is 1. The maximum absolute atomic E-state index is 11.7. The summed E-state index contributed by atoms with van der Waals surface area (Å²) in [5.74, 6) is 0.630. The summed E-state index contributed by atoms with van der Waals surface area (Å²) in [5.41, 5.74) is 5.03. The van der Waals surface area contributed by atoms with Gasteiger partial charge in [-0.15, -0.1) is 10.2 Å². The summed E-state index contributed by atoms with van der Waals surface area (Å²) in [6.45, 7) is 0.254. The van der Waals surface area contributed by atoms with Gasteiger partial charge in [0, 0.05) is 7.05 Å². The van der Waals surface area contributed by atoms with Crippen LogP contribution in [0, 0.1) is 0 Å². The first-order chi connectivity index (χ1) is 7.59. The maximum atomic E-state index is 11.7. The smallest absolute Gasteiger partial charge is 0.278 e. The van der Waals surface area contributed by atoms with E-state index in [0.717, 1.165) is 0 Å². The van der Waals surface area contributed by atoms with Gasteiger partial charge in [0.15, 0.2) is 11.0 Å². The summed E-state index contributed by atoms with van der Waals surface area (Å²) in [7, 11) is 1.78. The van der Waals surface area contributed by atoms with Gasteiger partial charge < -0.3 is 10.3 Å². The highest BCUT2D eigenvalue weighted by atomic mass is 35.5. The highest BCUT2D eigenvalue weighted by Crippen LogP contribution is 2.08. The molecule has 2 N–H and O–H groups in total. The van der Waals surface area contributed by atoms with Crippen LogP contribution in [-0.4, -0.2) is 24.3 Å². The standard InChI is InChI=1S/C8H9ClN6O/c1-14-4-12-13-5(14)2-15-3-11-7(9)6(10)8(15)16/h3-4H,2,10H2,1H3. The Morgan fingerprint density at radius 1 is 1.50 bits per heavy atom. The fourth-order valence-electron chi connectivity index (χ4n) is 1.20. The van der Waals surface area contributed by atoms with E-state index >= 15 is 0 Å². The van der Waals surface area contributed by atoms with E-state index in [2.05, 4.69) is 15.2 Å². The first-order valence-corrected chi connectivity index (χ1v) is 4.80. The lowest BCUT2D eigenvalue weighted by Gasteiger charge is -2.05. The first kappa shape index (κ1) is 10.6. The molecule has 2 aromatic rings. The van der Waals surface area contributed by atoms with E-state index in [-0.39, 0.29) is 22.9 Å². The van der Waals surface area contributed by atoms with Crippen LogP contribution < -0.4 is 11.3 Å². The summed E-state index contributed by atoms with van der Waals surface area (Å²) in [5, 5.41) is 7.58. The van der Waals surface area contributed by atoms with E-state index in [1.165, 1.54) is 10.9 Å². The minimum atomic E-state index is -0.386. The Morgan fingerprint density at radius 2 is 2.25 bits per heavy atom. The quantitative estimate of drug-likeness (QED) is 0.725. The predicted octanol–water partition coefficient (Wildman–Crippen LogP) is -0.344. The Kier molecular flexibility index (Phi) is 2.61. The Morgan fingerprint density at radius 3 is 2.88 bits per heavy atom. The molecule has 0 aliphatic heterocycles. The minimum absolute atomic E-state index is 0.0132. The monoisotopic (exact) mass is 240 g/mol. The molecule has 0 bridgehead atoms. The van der Waals surface area contributed by atoms with Gasteiger partial charge in [0.2, 0.25) is 0 Å². The third-order valence-corrected chi connectivity index (χ3v) is 2.44. The fraction of sp³-hybridized carbons (Fsp3) is 0.250. The second-order valence-corrected chi connectivity index (χ2v) is 3.60. The van der Waals surface area contributed by atoms with Gasteiger partial charge in [-0.05, 0) is 0 Å². The van der Waals surface area contributed by atoms with E-state index in [0.29, 0.717) is 5.82 Å². The molecular formula is C8H9ClN6O. The summed E-state index contributed by atoms with van der Waals surface area (Å²) in [6.07, 6.45) is 2.88. The van der Waals surface area contributed by atoms with E-state index in [1.54, 1.807) is 17.9 Å². The molecule has 84 valence electrons. The van der Waals surface area contributed by atoms with Crippen LogP contribution in [0.3, 0.4) is 0 Å². The molecule has 16 heavy (non-hydrogen) atoms. The SMILES string of the molecule is Cn1cnnc1Cn1cnc(Cl)c(N)c1=O. The van der Waals surface area contributed by atoms with Crippen LogP contribution in [0.15, 0.2) is 17.4 Å². The molecule has 2 aromatic heterocycles.